The Morgan fingerprint density at radius 1 is 1.40 bits per heavy atom. The second-order valence-corrected chi connectivity index (χ2v) is 6.09. The van der Waals surface area contributed by atoms with Crippen molar-refractivity contribution in [3.8, 4) is 0 Å². The minimum absolute atomic E-state index is 0.00649. The lowest BCUT2D eigenvalue weighted by Crippen LogP contribution is -2.27. The van der Waals surface area contributed by atoms with E-state index in [0.717, 1.165) is 12.8 Å². The minimum Gasteiger partial charge on any atom is -0.513 e. The molecule has 5 heteroatoms. The van der Waals surface area contributed by atoms with E-state index in [1.165, 1.54) is 26.4 Å². The number of aliphatic hydroxyl groups is 2. The number of unbranched alkanes of at least 4 members (excludes halogenated alkanes) is 3. The molecule has 2 unspecified atom stereocenters. The Balaban J connectivity index is 3.75. The lowest BCUT2D eigenvalue weighted by molar-refractivity contribution is -0.0290. The number of aliphatic hydroxyl groups excluding tert-OH is 2. The molecule has 0 saturated carbocycles. The van der Waals surface area contributed by atoms with Gasteiger partial charge in [-0.2, -0.15) is 12.6 Å². The van der Waals surface area contributed by atoms with Gasteiger partial charge in [0.25, 0.3) is 0 Å². The highest BCUT2D eigenvalue weighted by Crippen LogP contribution is 2.07. The molecule has 0 heterocycles. The Labute approximate surface area is 99.7 Å². The van der Waals surface area contributed by atoms with Gasteiger partial charge in [0.15, 0.2) is 0 Å². The van der Waals surface area contributed by atoms with Crippen molar-refractivity contribution in [1.29, 1.82) is 0 Å². The summed E-state index contributed by atoms with van der Waals surface area (Å²) in [6.45, 7) is 2.18. The molecule has 15 heavy (non-hydrogen) atoms. The first-order chi connectivity index (χ1) is 7.11. The van der Waals surface area contributed by atoms with Crippen LogP contribution in [0.4, 0.5) is 0 Å². The lowest BCUT2D eigenvalue weighted by atomic mass is 10.2. The van der Waals surface area contributed by atoms with Crippen LogP contribution in [0.15, 0.2) is 0 Å². The molecular weight excluding hydrogens is 228 g/mol. The molecule has 0 spiro atoms. The Morgan fingerprint density at radius 3 is 2.60 bits per heavy atom. The highest BCUT2D eigenvalue weighted by atomic mass is 32.1. The summed E-state index contributed by atoms with van der Waals surface area (Å²) in [6.07, 6.45) is 4.63. The molecule has 0 saturated heterocycles. The molecule has 2 atom stereocenters. The van der Waals surface area contributed by atoms with E-state index in [2.05, 4.69) is 24.3 Å². The van der Waals surface area contributed by atoms with Crippen LogP contribution in [0.5, 0.6) is 0 Å². The Bertz CT molecular complexity index is 188. The Hall–Kier alpha value is 0.157. The second kappa shape index (κ2) is 9.39. The average Bonchev–Trinajstić information content (AvgIpc) is 2.23. The summed E-state index contributed by atoms with van der Waals surface area (Å²) in [5.41, 5.74) is 0. The molecule has 0 amide bonds. The van der Waals surface area contributed by atoms with Crippen LogP contribution in [-0.4, -0.2) is 43.0 Å². The molecule has 3 nitrogen and oxygen atoms in total. The van der Waals surface area contributed by atoms with Gasteiger partial charge in [-0.25, -0.2) is 0 Å². The van der Waals surface area contributed by atoms with E-state index < -0.39 is 6.29 Å². The maximum Gasteiger partial charge on any atom is 0.207 e. The highest BCUT2D eigenvalue weighted by molar-refractivity contribution is 7.82. The normalized spacial score (nSPS) is 16.4. The van der Waals surface area contributed by atoms with Gasteiger partial charge in [-0.3, -0.25) is 0 Å². The van der Waals surface area contributed by atoms with Crippen LogP contribution in [-0.2, 0) is 4.74 Å². The molecule has 0 aromatic rings. The van der Waals surface area contributed by atoms with Crippen molar-refractivity contribution in [2.24, 2.45) is 0 Å². The molecule has 0 aliphatic heterocycles. The molecule has 0 rings (SSSR count). The predicted molar refractivity (Wildman–Crippen MR) is 67.2 cm³/mol. The molecule has 1 radical (unpaired) electrons. The van der Waals surface area contributed by atoms with Gasteiger partial charge in [0, 0.05) is 12.0 Å². The summed E-state index contributed by atoms with van der Waals surface area (Å²) in [5.74, 6) is 0. The third kappa shape index (κ3) is 8.01. The van der Waals surface area contributed by atoms with E-state index in [1.807, 2.05) is 0 Å². The smallest absolute Gasteiger partial charge is 0.207 e. The SMILES string of the molecule is CCCCCCC(S)[Si]=C(O)C(O)OC. The van der Waals surface area contributed by atoms with Crippen molar-refractivity contribution in [3.05, 3.63) is 0 Å². The van der Waals surface area contributed by atoms with Crippen molar-refractivity contribution in [2.45, 2.75) is 50.2 Å². The van der Waals surface area contributed by atoms with Crippen molar-refractivity contribution >= 4 is 27.1 Å². The number of thiol groups is 1. The third-order valence-electron chi connectivity index (χ3n) is 2.10. The van der Waals surface area contributed by atoms with Gasteiger partial charge in [-0.15, -0.1) is 0 Å². The number of hydrogen-bond donors (Lipinski definition) is 3. The van der Waals surface area contributed by atoms with Gasteiger partial charge in [0.1, 0.15) is 5.35 Å². The molecule has 0 aliphatic rings. The fourth-order valence-corrected chi connectivity index (χ4v) is 2.72. The first-order valence-corrected chi connectivity index (χ1v) is 6.92. The molecule has 2 N–H and O–H groups in total. The van der Waals surface area contributed by atoms with Crippen molar-refractivity contribution in [1.82, 2.24) is 0 Å². The van der Waals surface area contributed by atoms with E-state index in [4.69, 9.17) is 5.11 Å². The van der Waals surface area contributed by atoms with Crippen molar-refractivity contribution in [3.63, 3.8) is 0 Å². The first-order valence-electron chi connectivity index (χ1n) is 5.33. The Kier molecular flexibility index (Phi) is 9.49. The maximum absolute atomic E-state index is 9.40. The molecule has 0 aromatic carbocycles. The van der Waals surface area contributed by atoms with Gasteiger partial charge in [0.2, 0.25) is 6.29 Å². The van der Waals surface area contributed by atoms with Crippen molar-refractivity contribution < 1.29 is 14.9 Å². The highest BCUT2D eigenvalue weighted by Gasteiger charge is 2.09. The minimum atomic E-state index is -1.16. The van der Waals surface area contributed by atoms with E-state index >= 15 is 0 Å². The average molecular weight is 249 g/mol. The zero-order chi connectivity index (χ0) is 11.7. The molecule has 0 aromatic heterocycles. The van der Waals surface area contributed by atoms with Crippen LogP contribution >= 0.6 is 12.6 Å². The molecule has 0 bridgehead atoms. The Morgan fingerprint density at radius 2 is 2.07 bits per heavy atom. The summed E-state index contributed by atoms with van der Waals surface area (Å²) in [6, 6.07) is 0. The van der Waals surface area contributed by atoms with Crippen LogP contribution < -0.4 is 0 Å². The zero-order valence-corrected chi connectivity index (χ0v) is 11.3. The predicted octanol–water partition coefficient (Wildman–Crippen LogP) is 1.38. The fraction of sp³-hybridized carbons (Fsp3) is 0.900. The second-order valence-electron chi connectivity index (χ2n) is 3.48. The lowest BCUT2D eigenvalue weighted by Gasteiger charge is -2.09. The van der Waals surface area contributed by atoms with Gasteiger partial charge in [-0.1, -0.05) is 32.6 Å². The van der Waals surface area contributed by atoms with Crippen LogP contribution in [0.3, 0.4) is 0 Å². The topological polar surface area (TPSA) is 49.7 Å². The summed E-state index contributed by atoms with van der Waals surface area (Å²) in [5, 5.41) is 18.5. The maximum atomic E-state index is 9.40. The number of ether oxygens (including phenoxy) is 1. The standard InChI is InChI=1S/C10H21O3SSi/c1-3-4-5-6-7-8(14)15-10(12)9(11)13-2/h8-9,11-12,14H,3-7H2,1-2H3. The van der Waals surface area contributed by atoms with E-state index in [0.29, 0.717) is 0 Å². The summed E-state index contributed by atoms with van der Waals surface area (Å²) < 4.78 is 4.60. The number of rotatable bonds is 8. The first kappa shape index (κ1) is 15.2. The van der Waals surface area contributed by atoms with Crippen LogP contribution in [0.25, 0.3) is 0 Å². The third-order valence-corrected chi connectivity index (χ3v) is 3.91. The molecular formula is C10H21O3SSi. The van der Waals surface area contributed by atoms with Gasteiger partial charge < -0.3 is 14.9 Å². The molecule has 0 aliphatic carbocycles. The van der Waals surface area contributed by atoms with E-state index in [-0.39, 0.29) is 19.4 Å². The van der Waals surface area contributed by atoms with Gasteiger partial charge in [-0.05, 0) is 6.42 Å². The van der Waals surface area contributed by atoms with Gasteiger partial charge in [0.05, 0.1) is 9.13 Å². The largest absolute Gasteiger partial charge is 0.513 e. The van der Waals surface area contributed by atoms with E-state index in [1.54, 1.807) is 0 Å². The monoisotopic (exact) mass is 249 g/mol. The zero-order valence-electron chi connectivity index (χ0n) is 9.44. The van der Waals surface area contributed by atoms with Crippen LogP contribution in [0.2, 0.25) is 0 Å². The molecule has 89 valence electrons. The number of methoxy groups -OCH3 is 1. The quantitative estimate of drug-likeness (QED) is 0.264. The fourth-order valence-electron chi connectivity index (χ4n) is 1.19. The summed E-state index contributed by atoms with van der Waals surface area (Å²) in [4.78, 5) is 0.131. The van der Waals surface area contributed by atoms with Crippen molar-refractivity contribution in [2.75, 3.05) is 7.11 Å². The number of hydrogen-bond acceptors (Lipinski definition) is 4. The van der Waals surface area contributed by atoms with E-state index in [9.17, 15) is 5.11 Å². The van der Waals surface area contributed by atoms with Gasteiger partial charge >= 0.3 is 0 Å². The summed E-state index contributed by atoms with van der Waals surface area (Å²) in [7, 11) is 1.50. The van der Waals surface area contributed by atoms with Crippen LogP contribution in [0.1, 0.15) is 39.0 Å². The summed E-state index contributed by atoms with van der Waals surface area (Å²) >= 11 is 4.37. The molecule has 0 fully saturated rings. The van der Waals surface area contributed by atoms with Crippen LogP contribution in [0, 0.1) is 0 Å².